The van der Waals surface area contributed by atoms with E-state index in [9.17, 15) is 4.79 Å². The Morgan fingerprint density at radius 2 is 1.64 bits per heavy atom. The fourth-order valence-corrected chi connectivity index (χ4v) is 4.05. The fourth-order valence-electron chi connectivity index (χ4n) is 3.75. The zero-order valence-corrected chi connectivity index (χ0v) is 15.5. The van der Waals surface area contributed by atoms with E-state index >= 15 is 0 Å². The van der Waals surface area contributed by atoms with E-state index in [1.165, 1.54) is 11.1 Å². The molecule has 2 aromatic carbocycles. The molecule has 0 bridgehead atoms. The summed E-state index contributed by atoms with van der Waals surface area (Å²) < 4.78 is 0. The van der Waals surface area contributed by atoms with E-state index in [0.29, 0.717) is 18.6 Å². The fraction of sp³-hybridized carbons (Fsp3) is 0.409. The van der Waals surface area contributed by atoms with Crippen molar-refractivity contribution >= 4 is 17.4 Å². The first kappa shape index (κ1) is 18.2. The topological polar surface area (TPSA) is 20.3 Å². The molecule has 0 amide bonds. The summed E-state index contributed by atoms with van der Waals surface area (Å²) in [6.07, 6.45) is 3.00. The summed E-state index contributed by atoms with van der Waals surface area (Å²) in [5.41, 5.74) is 2.57. The van der Waals surface area contributed by atoms with Crippen LogP contribution in [0.3, 0.4) is 0 Å². The number of ketones is 1. The SMILES string of the molecule is C[C@@H](c1ccccc1)N(Cc1ccccc1)[C@H]1CCC(Cl)CC(=O)C1. The van der Waals surface area contributed by atoms with Crippen LogP contribution < -0.4 is 0 Å². The lowest BCUT2D eigenvalue weighted by molar-refractivity contribution is -0.120. The van der Waals surface area contributed by atoms with Crippen LogP contribution in [0.5, 0.6) is 0 Å². The summed E-state index contributed by atoms with van der Waals surface area (Å²) in [4.78, 5) is 14.8. The molecule has 0 aliphatic heterocycles. The molecule has 1 aliphatic rings. The van der Waals surface area contributed by atoms with Crippen LogP contribution in [0.25, 0.3) is 0 Å². The van der Waals surface area contributed by atoms with Gasteiger partial charge in [0, 0.05) is 36.8 Å². The Morgan fingerprint density at radius 1 is 1.00 bits per heavy atom. The van der Waals surface area contributed by atoms with E-state index in [1.807, 2.05) is 12.1 Å². The molecule has 3 atom stereocenters. The minimum absolute atomic E-state index is 0.0110. The summed E-state index contributed by atoms with van der Waals surface area (Å²) in [5, 5.41) is -0.0110. The van der Waals surface area contributed by atoms with E-state index in [4.69, 9.17) is 11.6 Å². The average Bonchev–Trinajstić information content (AvgIpc) is 2.81. The van der Waals surface area contributed by atoms with Crippen molar-refractivity contribution < 1.29 is 4.79 Å². The molecule has 1 fully saturated rings. The predicted octanol–water partition coefficient (Wildman–Crippen LogP) is 5.37. The van der Waals surface area contributed by atoms with E-state index in [1.54, 1.807) is 0 Å². The molecule has 3 heteroatoms. The number of alkyl halides is 1. The van der Waals surface area contributed by atoms with Crippen LogP contribution in [0.4, 0.5) is 0 Å². The minimum Gasteiger partial charge on any atom is -0.300 e. The maximum atomic E-state index is 12.3. The van der Waals surface area contributed by atoms with Crippen molar-refractivity contribution in [3.05, 3.63) is 71.8 Å². The van der Waals surface area contributed by atoms with Gasteiger partial charge in [-0.25, -0.2) is 0 Å². The van der Waals surface area contributed by atoms with Gasteiger partial charge in [-0.2, -0.15) is 0 Å². The van der Waals surface area contributed by atoms with Crippen LogP contribution >= 0.6 is 11.6 Å². The lowest BCUT2D eigenvalue weighted by atomic mass is 9.99. The van der Waals surface area contributed by atoms with Gasteiger partial charge >= 0.3 is 0 Å². The normalized spacial score (nSPS) is 22.6. The van der Waals surface area contributed by atoms with E-state index in [-0.39, 0.29) is 17.5 Å². The second-order valence-electron chi connectivity index (χ2n) is 7.02. The molecule has 1 unspecified atom stereocenters. The molecule has 2 nitrogen and oxygen atoms in total. The van der Waals surface area contributed by atoms with Gasteiger partial charge in [0.05, 0.1) is 0 Å². The van der Waals surface area contributed by atoms with Crippen molar-refractivity contribution in [3.8, 4) is 0 Å². The third-order valence-electron chi connectivity index (χ3n) is 5.18. The highest BCUT2D eigenvalue weighted by atomic mass is 35.5. The average molecular weight is 356 g/mol. The van der Waals surface area contributed by atoms with Crippen LogP contribution in [0.1, 0.15) is 49.8 Å². The van der Waals surface area contributed by atoms with Gasteiger partial charge in [-0.1, -0.05) is 60.7 Å². The first-order valence-corrected chi connectivity index (χ1v) is 9.57. The Hall–Kier alpha value is -1.64. The van der Waals surface area contributed by atoms with Crippen LogP contribution in [0.2, 0.25) is 0 Å². The Morgan fingerprint density at radius 3 is 2.32 bits per heavy atom. The highest BCUT2D eigenvalue weighted by Gasteiger charge is 2.30. The van der Waals surface area contributed by atoms with Crippen molar-refractivity contribution in [2.75, 3.05) is 0 Å². The van der Waals surface area contributed by atoms with Gasteiger partial charge in [0.25, 0.3) is 0 Å². The summed E-state index contributed by atoms with van der Waals surface area (Å²) in [7, 11) is 0. The van der Waals surface area contributed by atoms with E-state index in [2.05, 4.69) is 60.4 Å². The Kier molecular flexibility index (Phi) is 6.28. The lowest BCUT2D eigenvalue weighted by Crippen LogP contribution is -2.37. The molecule has 0 heterocycles. The maximum Gasteiger partial charge on any atom is 0.135 e. The number of carbonyl (C=O) groups excluding carboxylic acids is 1. The third kappa shape index (κ3) is 4.93. The molecule has 0 aromatic heterocycles. The number of halogens is 1. The van der Waals surface area contributed by atoms with Crippen LogP contribution in [-0.2, 0) is 11.3 Å². The van der Waals surface area contributed by atoms with E-state index in [0.717, 1.165) is 19.4 Å². The van der Waals surface area contributed by atoms with Crippen molar-refractivity contribution in [1.82, 2.24) is 4.90 Å². The zero-order valence-electron chi connectivity index (χ0n) is 14.8. The number of nitrogens with zero attached hydrogens (tertiary/aromatic N) is 1. The summed E-state index contributed by atoms with van der Waals surface area (Å²) >= 11 is 6.30. The smallest absolute Gasteiger partial charge is 0.135 e. The Labute approximate surface area is 155 Å². The van der Waals surface area contributed by atoms with Gasteiger partial charge in [-0.05, 0) is 30.9 Å². The number of hydrogen-bond acceptors (Lipinski definition) is 2. The number of hydrogen-bond donors (Lipinski definition) is 0. The predicted molar refractivity (Wildman–Crippen MR) is 104 cm³/mol. The second-order valence-corrected chi connectivity index (χ2v) is 7.64. The lowest BCUT2D eigenvalue weighted by Gasteiger charge is -2.36. The number of benzene rings is 2. The first-order chi connectivity index (χ1) is 12.1. The molecule has 1 saturated carbocycles. The summed E-state index contributed by atoms with van der Waals surface area (Å²) in [6.45, 7) is 3.09. The van der Waals surface area contributed by atoms with Gasteiger partial charge in [-0.15, -0.1) is 11.6 Å². The summed E-state index contributed by atoms with van der Waals surface area (Å²) in [6, 6.07) is 21.6. The van der Waals surface area contributed by atoms with Gasteiger partial charge in [-0.3, -0.25) is 9.69 Å². The highest BCUT2D eigenvalue weighted by molar-refractivity contribution is 6.21. The molecule has 2 aromatic rings. The van der Waals surface area contributed by atoms with Crippen LogP contribution in [-0.4, -0.2) is 22.1 Å². The van der Waals surface area contributed by atoms with Gasteiger partial charge in [0.1, 0.15) is 5.78 Å². The maximum absolute atomic E-state index is 12.3. The quantitative estimate of drug-likeness (QED) is 0.531. The van der Waals surface area contributed by atoms with Crippen molar-refractivity contribution in [3.63, 3.8) is 0 Å². The molecule has 25 heavy (non-hydrogen) atoms. The minimum atomic E-state index is -0.0110. The summed E-state index contributed by atoms with van der Waals surface area (Å²) in [5.74, 6) is 0.292. The van der Waals surface area contributed by atoms with Crippen molar-refractivity contribution in [1.29, 1.82) is 0 Å². The van der Waals surface area contributed by atoms with Gasteiger partial charge < -0.3 is 0 Å². The number of Topliss-reactive ketones (excluding diaryl/α,β-unsaturated/α-hetero) is 1. The van der Waals surface area contributed by atoms with Crippen LogP contribution in [0.15, 0.2) is 60.7 Å². The molecule has 0 spiro atoms. The second kappa shape index (κ2) is 8.64. The zero-order chi connectivity index (χ0) is 17.6. The molecule has 132 valence electrons. The number of carbonyl (C=O) groups is 1. The largest absolute Gasteiger partial charge is 0.300 e. The molecule has 0 radical (unpaired) electrons. The molecular formula is C22H26ClNO. The standard InChI is InChI=1S/C22H26ClNO/c1-17(19-10-6-3-7-11-19)24(16-18-8-4-2-5-9-18)21-13-12-20(23)14-22(25)15-21/h2-11,17,20-21H,12-16H2,1H3/t17-,20?,21-/m0/s1. The van der Waals surface area contributed by atoms with Gasteiger partial charge in [0.15, 0.2) is 0 Å². The van der Waals surface area contributed by atoms with Gasteiger partial charge in [0.2, 0.25) is 0 Å². The molecule has 3 rings (SSSR count). The number of rotatable bonds is 5. The monoisotopic (exact) mass is 355 g/mol. The Balaban J connectivity index is 1.86. The third-order valence-corrected chi connectivity index (χ3v) is 5.55. The van der Waals surface area contributed by atoms with Crippen molar-refractivity contribution in [2.24, 2.45) is 0 Å². The van der Waals surface area contributed by atoms with E-state index < -0.39 is 0 Å². The van der Waals surface area contributed by atoms with Crippen molar-refractivity contribution in [2.45, 2.75) is 56.6 Å². The first-order valence-electron chi connectivity index (χ1n) is 9.14. The molecule has 1 aliphatic carbocycles. The molecule has 0 saturated heterocycles. The Bertz CT molecular complexity index is 673. The highest BCUT2D eigenvalue weighted by Crippen LogP contribution is 2.31. The van der Waals surface area contributed by atoms with Crippen LogP contribution in [0, 0.1) is 0 Å². The molecular weight excluding hydrogens is 330 g/mol. The molecule has 0 N–H and O–H groups in total.